The first-order valence-electron chi connectivity index (χ1n) is 8.14. The molecule has 8 N–H and O–H groups in total. The van der Waals surface area contributed by atoms with Crippen LogP contribution in [-0.4, -0.2) is 76.4 Å². The highest BCUT2D eigenvalue weighted by molar-refractivity contribution is 5.92. The highest BCUT2D eigenvalue weighted by Gasteiger charge is 2.27. The molecule has 0 fully saturated rings. The van der Waals surface area contributed by atoms with Gasteiger partial charge in [-0.1, -0.05) is 13.8 Å². The van der Waals surface area contributed by atoms with Crippen LogP contribution in [0, 0.1) is 5.92 Å². The molecule has 0 aliphatic rings. The fourth-order valence-corrected chi connectivity index (χ4v) is 1.97. The van der Waals surface area contributed by atoms with E-state index < -0.39 is 61.1 Å². The van der Waals surface area contributed by atoms with Crippen molar-refractivity contribution in [2.75, 3.05) is 13.2 Å². The predicted octanol–water partition coefficient (Wildman–Crippen LogP) is -3.10. The van der Waals surface area contributed by atoms with Gasteiger partial charge >= 0.3 is 5.97 Å². The van der Waals surface area contributed by atoms with Crippen molar-refractivity contribution in [1.82, 2.24) is 16.0 Å². The molecule has 0 spiro atoms. The number of aliphatic carboxylic acids is 1. The van der Waals surface area contributed by atoms with Gasteiger partial charge < -0.3 is 37.0 Å². The summed E-state index contributed by atoms with van der Waals surface area (Å²) in [5.41, 5.74) is 5.39. The smallest absolute Gasteiger partial charge is 0.328 e. The second kappa shape index (κ2) is 11.4. The Kier molecular flexibility index (Phi) is 10.4. The van der Waals surface area contributed by atoms with Gasteiger partial charge in [-0.15, -0.1) is 0 Å². The first kappa shape index (κ1) is 23.8. The molecule has 150 valence electrons. The number of carbonyl (C=O) groups excluding carboxylic acids is 3. The second-order valence-corrected chi connectivity index (χ2v) is 6.32. The largest absolute Gasteiger partial charge is 0.480 e. The van der Waals surface area contributed by atoms with E-state index >= 15 is 0 Å². The van der Waals surface area contributed by atoms with Crippen molar-refractivity contribution < 1.29 is 34.5 Å². The van der Waals surface area contributed by atoms with Gasteiger partial charge in [-0.3, -0.25) is 14.4 Å². The Bertz CT molecular complexity index is 510. The van der Waals surface area contributed by atoms with E-state index in [4.69, 9.17) is 15.9 Å². The average molecular weight is 376 g/mol. The van der Waals surface area contributed by atoms with Gasteiger partial charge in [-0.2, -0.15) is 0 Å². The molecule has 26 heavy (non-hydrogen) atoms. The van der Waals surface area contributed by atoms with E-state index in [1.54, 1.807) is 0 Å². The molecule has 0 bridgehead atoms. The van der Waals surface area contributed by atoms with Crippen LogP contribution in [0.1, 0.15) is 27.2 Å². The van der Waals surface area contributed by atoms with Crippen LogP contribution in [0.15, 0.2) is 0 Å². The summed E-state index contributed by atoms with van der Waals surface area (Å²) in [6, 6.07) is -3.66. The van der Waals surface area contributed by atoms with Crippen molar-refractivity contribution >= 4 is 23.7 Å². The molecular formula is C15H28N4O7. The van der Waals surface area contributed by atoms with Crippen LogP contribution >= 0.6 is 0 Å². The van der Waals surface area contributed by atoms with Gasteiger partial charge in [-0.25, -0.2) is 4.79 Å². The van der Waals surface area contributed by atoms with E-state index in [-0.39, 0.29) is 12.3 Å². The number of rotatable bonds is 11. The summed E-state index contributed by atoms with van der Waals surface area (Å²) in [4.78, 5) is 46.6. The van der Waals surface area contributed by atoms with Crippen LogP contribution in [0.3, 0.4) is 0 Å². The van der Waals surface area contributed by atoms with Gasteiger partial charge in [0.05, 0.1) is 19.3 Å². The number of nitrogens with one attached hydrogen (secondary N) is 3. The van der Waals surface area contributed by atoms with Crippen LogP contribution in [0.4, 0.5) is 0 Å². The Hall–Kier alpha value is -2.24. The molecule has 0 aromatic rings. The summed E-state index contributed by atoms with van der Waals surface area (Å²) < 4.78 is 0. The van der Waals surface area contributed by atoms with Crippen LogP contribution in [0.5, 0.6) is 0 Å². The highest BCUT2D eigenvalue weighted by atomic mass is 16.4. The van der Waals surface area contributed by atoms with Gasteiger partial charge in [0, 0.05) is 0 Å². The topological polar surface area (TPSA) is 191 Å². The molecule has 3 amide bonds. The first-order chi connectivity index (χ1) is 12.0. The Morgan fingerprint density at radius 2 is 1.62 bits per heavy atom. The second-order valence-electron chi connectivity index (χ2n) is 6.32. The fourth-order valence-electron chi connectivity index (χ4n) is 1.97. The number of carboxylic acid groups (broad SMARTS) is 1. The first-order valence-corrected chi connectivity index (χ1v) is 8.14. The quantitative estimate of drug-likeness (QED) is 0.197. The summed E-state index contributed by atoms with van der Waals surface area (Å²) in [5, 5.41) is 33.8. The standard InChI is InChI=1S/C15H28N4O7/c1-7(2)4-10(18-13(23)9(16)6-20)14(24)17-5-11(22)19-12(8(3)21)15(25)26/h7-10,12,20-21H,4-6,16H2,1-3H3,(H,17,24)(H,18,23)(H,19,22)(H,25,26). The van der Waals surface area contributed by atoms with Gasteiger partial charge in [0.15, 0.2) is 6.04 Å². The third-order valence-electron chi connectivity index (χ3n) is 3.36. The number of hydrogen-bond acceptors (Lipinski definition) is 7. The maximum atomic E-state index is 12.2. The van der Waals surface area contributed by atoms with E-state index in [2.05, 4.69) is 16.0 Å². The maximum Gasteiger partial charge on any atom is 0.328 e. The van der Waals surface area contributed by atoms with Gasteiger partial charge in [-0.05, 0) is 19.3 Å². The zero-order valence-corrected chi connectivity index (χ0v) is 15.1. The molecule has 0 rings (SSSR count). The van der Waals surface area contributed by atoms with Crippen LogP contribution in [0.2, 0.25) is 0 Å². The number of hydrogen-bond donors (Lipinski definition) is 7. The Labute approximate surface area is 151 Å². The molecule has 0 aliphatic heterocycles. The molecule has 0 aromatic carbocycles. The lowest BCUT2D eigenvalue weighted by Gasteiger charge is -2.22. The fraction of sp³-hybridized carbons (Fsp3) is 0.733. The van der Waals surface area contributed by atoms with Crippen molar-refractivity contribution in [3.8, 4) is 0 Å². The summed E-state index contributed by atoms with van der Waals surface area (Å²) in [6.07, 6.45) is -1.05. The highest BCUT2D eigenvalue weighted by Crippen LogP contribution is 2.05. The van der Waals surface area contributed by atoms with E-state index in [9.17, 15) is 24.3 Å². The molecule has 11 nitrogen and oxygen atoms in total. The van der Waals surface area contributed by atoms with E-state index in [1.807, 2.05) is 13.8 Å². The lowest BCUT2D eigenvalue weighted by atomic mass is 10.0. The van der Waals surface area contributed by atoms with Crippen molar-refractivity contribution in [2.24, 2.45) is 11.7 Å². The van der Waals surface area contributed by atoms with E-state index in [0.29, 0.717) is 0 Å². The zero-order chi connectivity index (χ0) is 20.4. The molecule has 4 unspecified atom stereocenters. The minimum atomic E-state index is -1.51. The lowest BCUT2D eigenvalue weighted by Crippen LogP contribution is -2.55. The summed E-state index contributed by atoms with van der Waals surface area (Å²) in [6.45, 7) is 3.73. The van der Waals surface area contributed by atoms with Crippen molar-refractivity contribution in [3.63, 3.8) is 0 Å². The lowest BCUT2D eigenvalue weighted by molar-refractivity contribution is -0.144. The van der Waals surface area contributed by atoms with Crippen LogP contribution in [-0.2, 0) is 19.2 Å². The minimum absolute atomic E-state index is 0.0388. The molecule has 0 aliphatic carbocycles. The molecule has 0 saturated heterocycles. The summed E-state index contributed by atoms with van der Waals surface area (Å²) in [5.74, 6) is -3.55. The summed E-state index contributed by atoms with van der Waals surface area (Å²) >= 11 is 0. The number of carboxylic acids is 1. The number of carbonyl (C=O) groups is 4. The normalized spacial score (nSPS) is 15.5. The van der Waals surface area contributed by atoms with Gasteiger partial charge in [0.25, 0.3) is 0 Å². The van der Waals surface area contributed by atoms with Crippen molar-refractivity contribution in [2.45, 2.75) is 51.4 Å². The maximum absolute atomic E-state index is 12.2. The molecular weight excluding hydrogens is 348 g/mol. The van der Waals surface area contributed by atoms with Crippen molar-refractivity contribution in [3.05, 3.63) is 0 Å². The van der Waals surface area contributed by atoms with Crippen molar-refractivity contribution in [1.29, 1.82) is 0 Å². The van der Waals surface area contributed by atoms with Gasteiger partial charge in [0.2, 0.25) is 17.7 Å². The SMILES string of the molecule is CC(C)CC(NC(=O)C(N)CO)C(=O)NCC(=O)NC(C(=O)O)C(C)O. The Morgan fingerprint density at radius 3 is 2.04 bits per heavy atom. The molecule has 4 atom stereocenters. The van der Waals surface area contributed by atoms with Gasteiger partial charge in [0.1, 0.15) is 12.1 Å². The van der Waals surface area contributed by atoms with E-state index in [1.165, 1.54) is 6.92 Å². The van der Waals surface area contributed by atoms with Crippen LogP contribution < -0.4 is 21.7 Å². The molecule has 0 saturated carbocycles. The van der Waals surface area contributed by atoms with E-state index in [0.717, 1.165) is 0 Å². The van der Waals surface area contributed by atoms with Crippen LogP contribution in [0.25, 0.3) is 0 Å². The Morgan fingerprint density at radius 1 is 1.04 bits per heavy atom. The molecule has 11 heteroatoms. The number of aliphatic hydroxyl groups excluding tert-OH is 2. The predicted molar refractivity (Wildman–Crippen MR) is 90.7 cm³/mol. The molecule has 0 aromatic heterocycles. The Balaban J connectivity index is 4.76. The number of nitrogens with two attached hydrogens (primary N) is 1. The third-order valence-corrected chi connectivity index (χ3v) is 3.36. The monoisotopic (exact) mass is 376 g/mol. The molecule has 0 heterocycles. The third kappa shape index (κ3) is 8.74. The zero-order valence-electron chi connectivity index (χ0n) is 15.1. The summed E-state index contributed by atoms with van der Waals surface area (Å²) in [7, 11) is 0. The number of amides is 3. The number of aliphatic hydroxyl groups is 2. The molecule has 0 radical (unpaired) electrons. The average Bonchev–Trinajstić information content (AvgIpc) is 2.54. The minimum Gasteiger partial charge on any atom is -0.480 e.